The Kier molecular flexibility index (Phi) is 4.09. The average Bonchev–Trinajstić information content (AvgIpc) is 2.33. The summed E-state index contributed by atoms with van der Waals surface area (Å²) in [5.41, 5.74) is 4.06. The fourth-order valence-corrected chi connectivity index (χ4v) is 3.06. The predicted octanol–water partition coefficient (Wildman–Crippen LogP) is 4.68. The van der Waals surface area contributed by atoms with Gasteiger partial charge in [0.25, 0.3) is 0 Å². The lowest BCUT2D eigenvalue weighted by Crippen LogP contribution is -2.32. The molecule has 1 aromatic carbocycles. The first kappa shape index (κ1) is 12.5. The van der Waals surface area contributed by atoms with Crippen LogP contribution >= 0.6 is 0 Å². The minimum atomic E-state index is 0.690. The molecular weight excluding hydrogens is 206 g/mol. The fourth-order valence-electron chi connectivity index (χ4n) is 3.06. The summed E-state index contributed by atoms with van der Waals surface area (Å²) in [5, 5.41) is 3.78. The van der Waals surface area contributed by atoms with Gasteiger partial charge in [-0.3, -0.25) is 0 Å². The highest BCUT2D eigenvalue weighted by molar-refractivity contribution is 5.52. The molecule has 1 aromatic rings. The molecule has 1 aliphatic carbocycles. The van der Waals surface area contributed by atoms with Crippen molar-refractivity contribution in [1.29, 1.82) is 0 Å². The van der Waals surface area contributed by atoms with Crippen LogP contribution in [-0.4, -0.2) is 6.04 Å². The van der Waals surface area contributed by atoms with E-state index in [0.29, 0.717) is 6.04 Å². The van der Waals surface area contributed by atoms with Crippen molar-refractivity contribution in [3.8, 4) is 0 Å². The fraction of sp³-hybridized carbons (Fsp3) is 0.625. The Bertz CT molecular complexity index is 370. The minimum absolute atomic E-state index is 0.690. The lowest BCUT2D eigenvalue weighted by Gasteiger charge is -2.32. The van der Waals surface area contributed by atoms with Crippen LogP contribution in [0.3, 0.4) is 0 Å². The van der Waals surface area contributed by atoms with Crippen molar-refractivity contribution in [1.82, 2.24) is 0 Å². The maximum absolute atomic E-state index is 3.78. The van der Waals surface area contributed by atoms with Gasteiger partial charge in [0.2, 0.25) is 0 Å². The third kappa shape index (κ3) is 3.02. The Morgan fingerprint density at radius 1 is 1.18 bits per heavy atom. The van der Waals surface area contributed by atoms with Crippen molar-refractivity contribution in [3.05, 3.63) is 29.3 Å². The molecule has 1 saturated carbocycles. The second kappa shape index (κ2) is 5.57. The van der Waals surface area contributed by atoms with Crippen molar-refractivity contribution in [2.24, 2.45) is 5.92 Å². The highest BCUT2D eigenvalue weighted by Gasteiger charge is 2.23. The smallest absolute Gasteiger partial charge is 0.0372 e. The maximum atomic E-state index is 3.78. The van der Waals surface area contributed by atoms with Gasteiger partial charge in [-0.2, -0.15) is 0 Å². The molecule has 0 amide bonds. The first-order valence-electron chi connectivity index (χ1n) is 7.04. The number of hydrogen-bond acceptors (Lipinski definition) is 1. The molecule has 2 unspecified atom stereocenters. The molecule has 0 bridgehead atoms. The van der Waals surface area contributed by atoms with Crippen LogP contribution in [0.15, 0.2) is 18.2 Å². The third-order valence-electron chi connectivity index (χ3n) is 4.16. The van der Waals surface area contributed by atoms with Crippen molar-refractivity contribution in [2.45, 2.75) is 58.9 Å². The van der Waals surface area contributed by atoms with E-state index in [-0.39, 0.29) is 0 Å². The van der Waals surface area contributed by atoms with E-state index in [9.17, 15) is 0 Å². The zero-order valence-electron chi connectivity index (χ0n) is 11.4. The van der Waals surface area contributed by atoms with Crippen LogP contribution in [0.25, 0.3) is 0 Å². The van der Waals surface area contributed by atoms with Gasteiger partial charge in [0.05, 0.1) is 0 Å². The number of anilines is 1. The Morgan fingerprint density at radius 3 is 2.65 bits per heavy atom. The molecule has 0 saturated heterocycles. The van der Waals surface area contributed by atoms with Gasteiger partial charge in [-0.05, 0) is 44.2 Å². The molecule has 0 aliphatic heterocycles. The molecule has 0 spiro atoms. The number of benzene rings is 1. The second-order valence-electron chi connectivity index (χ2n) is 5.52. The SMILES string of the molecule is CCC1CCCCC1Nc1ccc(C)cc1C. The molecule has 0 aromatic heterocycles. The Hall–Kier alpha value is -0.980. The standard InChI is InChI=1S/C16H25N/c1-4-14-7-5-6-8-16(14)17-15-10-9-12(2)11-13(15)3/h9-11,14,16-17H,4-8H2,1-3H3. The summed E-state index contributed by atoms with van der Waals surface area (Å²) in [4.78, 5) is 0. The maximum Gasteiger partial charge on any atom is 0.0372 e. The molecule has 0 radical (unpaired) electrons. The quantitative estimate of drug-likeness (QED) is 0.796. The summed E-state index contributed by atoms with van der Waals surface area (Å²) in [6.45, 7) is 6.69. The molecule has 1 nitrogen and oxygen atoms in total. The molecule has 1 heteroatoms. The average molecular weight is 231 g/mol. The van der Waals surface area contributed by atoms with E-state index < -0.39 is 0 Å². The van der Waals surface area contributed by atoms with E-state index >= 15 is 0 Å². The molecule has 1 N–H and O–H groups in total. The summed E-state index contributed by atoms with van der Waals surface area (Å²) >= 11 is 0. The lowest BCUT2D eigenvalue weighted by atomic mass is 9.82. The van der Waals surface area contributed by atoms with Gasteiger partial charge in [-0.1, -0.05) is 43.9 Å². The van der Waals surface area contributed by atoms with E-state index in [1.165, 1.54) is 48.9 Å². The van der Waals surface area contributed by atoms with Crippen LogP contribution in [0.2, 0.25) is 0 Å². The summed E-state index contributed by atoms with van der Waals surface area (Å²) in [6.07, 6.45) is 6.86. The lowest BCUT2D eigenvalue weighted by molar-refractivity contribution is 0.317. The predicted molar refractivity (Wildman–Crippen MR) is 75.6 cm³/mol. The molecule has 2 rings (SSSR count). The van der Waals surface area contributed by atoms with Crippen LogP contribution in [-0.2, 0) is 0 Å². The highest BCUT2D eigenvalue weighted by atomic mass is 14.9. The van der Waals surface area contributed by atoms with E-state index in [1.807, 2.05) is 0 Å². The second-order valence-corrected chi connectivity index (χ2v) is 5.52. The van der Waals surface area contributed by atoms with Crippen LogP contribution < -0.4 is 5.32 Å². The van der Waals surface area contributed by atoms with Crippen molar-refractivity contribution in [3.63, 3.8) is 0 Å². The van der Waals surface area contributed by atoms with Crippen LogP contribution in [0, 0.1) is 19.8 Å². The molecule has 1 aliphatic rings. The molecule has 94 valence electrons. The minimum Gasteiger partial charge on any atom is -0.382 e. The molecule has 2 atom stereocenters. The Morgan fingerprint density at radius 2 is 1.94 bits per heavy atom. The Labute approximate surface area is 106 Å². The number of hydrogen-bond donors (Lipinski definition) is 1. The molecule has 17 heavy (non-hydrogen) atoms. The topological polar surface area (TPSA) is 12.0 Å². The number of rotatable bonds is 3. The van der Waals surface area contributed by atoms with Crippen LogP contribution in [0.5, 0.6) is 0 Å². The van der Waals surface area contributed by atoms with Crippen molar-refractivity contribution in [2.75, 3.05) is 5.32 Å². The zero-order chi connectivity index (χ0) is 12.3. The van der Waals surface area contributed by atoms with E-state index in [0.717, 1.165) is 5.92 Å². The van der Waals surface area contributed by atoms with Gasteiger partial charge in [-0.15, -0.1) is 0 Å². The van der Waals surface area contributed by atoms with Gasteiger partial charge in [-0.25, -0.2) is 0 Å². The summed E-state index contributed by atoms with van der Waals surface area (Å²) in [7, 11) is 0. The number of nitrogens with one attached hydrogen (secondary N) is 1. The monoisotopic (exact) mass is 231 g/mol. The normalized spacial score (nSPS) is 24.6. The number of aryl methyl sites for hydroxylation is 2. The van der Waals surface area contributed by atoms with E-state index in [2.05, 4.69) is 44.3 Å². The van der Waals surface area contributed by atoms with Gasteiger partial charge >= 0.3 is 0 Å². The molecule has 1 fully saturated rings. The van der Waals surface area contributed by atoms with Crippen LogP contribution in [0.4, 0.5) is 5.69 Å². The van der Waals surface area contributed by atoms with E-state index in [1.54, 1.807) is 0 Å². The van der Waals surface area contributed by atoms with Gasteiger partial charge in [0.15, 0.2) is 0 Å². The van der Waals surface area contributed by atoms with Gasteiger partial charge < -0.3 is 5.32 Å². The summed E-state index contributed by atoms with van der Waals surface area (Å²) in [6, 6.07) is 7.41. The zero-order valence-corrected chi connectivity index (χ0v) is 11.4. The summed E-state index contributed by atoms with van der Waals surface area (Å²) < 4.78 is 0. The molecular formula is C16H25N. The Balaban J connectivity index is 2.08. The summed E-state index contributed by atoms with van der Waals surface area (Å²) in [5.74, 6) is 0.865. The van der Waals surface area contributed by atoms with Gasteiger partial charge in [0.1, 0.15) is 0 Å². The first-order valence-corrected chi connectivity index (χ1v) is 7.04. The van der Waals surface area contributed by atoms with Crippen molar-refractivity contribution < 1.29 is 0 Å². The van der Waals surface area contributed by atoms with E-state index in [4.69, 9.17) is 0 Å². The van der Waals surface area contributed by atoms with Gasteiger partial charge in [0, 0.05) is 11.7 Å². The van der Waals surface area contributed by atoms with Crippen molar-refractivity contribution >= 4 is 5.69 Å². The first-order chi connectivity index (χ1) is 8.20. The van der Waals surface area contributed by atoms with Crippen LogP contribution in [0.1, 0.15) is 50.2 Å². The molecule has 0 heterocycles. The third-order valence-corrected chi connectivity index (χ3v) is 4.16. The highest BCUT2D eigenvalue weighted by Crippen LogP contribution is 2.30. The largest absolute Gasteiger partial charge is 0.382 e.